The Bertz CT molecular complexity index is 210. The molecule has 0 saturated carbocycles. The van der Waals surface area contributed by atoms with Crippen LogP contribution < -0.4 is 4.72 Å². The van der Waals surface area contributed by atoms with Gasteiger partial charge in [0.1, 0.15) is 0 Å². The minimum atomic E-state index is 0.614. The third-order valence-corrected chi connectivity index (χ3v) is 2.67. The van der Waals surface area contributed by atoms with E-state index in [4.69, 9.17) is 6.42 Å². The van der Waals surface area contributed by atoms with Crippen LogP contribution in [0, 0.1) is 12.3 Å². The molecule has 0 spiro atoms. The zero-order chi connectivity index (χ0) is 7.23. The highest BCUT2D eigenvalue weighted by Crippen LogP contribution is 2.19. The summed E-state index contributed by atoms with van der Waals surface area (Å²) < 4.78 is 4.27. The van der Waals surface area contributed by atoms with Gasteiger partial charge in [-0.3, -0.25) is 0 Å². The molecule has 1 rings (SSSR count). The van der Waals surface area contributed by atoms with Crippen molar-refractivity contribution >= 4 is 23.3 Å². The first kappa shape index (κ1) is 7.67. The molecule has 0 atom stereocenters. The molecule has 0 radical (unpaired) electrons. The summed E-state index contributed by atoms with van der Waals surface area (Å²) in [6, 6.07) is 4.07. The van der Waals surface area contributed by atoms with Crippen molar-refractivity contribution in [3.63, 3.8) is 0 Å². The molecule has 0 unspecified atom stereocenters. The van der Waals surface area contributed by atoms with Crippen LogP contribution >= 0.6 is 23.3 Å². The largest absolute Gasteiger partial charge is 0.247 e. The van der Waals surface area contributed by atoms with Gasteiger partial charge in [0.2, 0.25) is 0 Å². The monoisotopic (exact) mass is 169 g/mol. The van der Waals surface area contributed by atoms with Crippen molar-refractivity contribution in [2.24, 2.45) is 0 Å². The first-order valence-corrected chi connectivity index (χ1v) is 4.50. The smallest absolute Gasteiger partial charge is 0.0751 e. The second-order valence-corrected chi connectivity index (χ2v) is 3.70. The van der Waals surface area contributed by atoms with E-state index in [9.17, 15) is 0 Å². The standard InChI is InChI=1S/C7H7NS2/c1-2-5-8-10-7-4-3-6-9-7/h1,3-4,6,8H,5H2. The van der Waals surface area contributed by atoms with E-state index in [0.29, 0.717) is 6.54 Å². The van der Waals surface area contributed by atoms with E-state index in [1.54, 1.807) is 23.3 Å². The molecule has 0 amide bonds. The second-order valence-electron chi connectivity index (χ2n) is 1.56. The fourth-order valence-corrected chi connectivity index (χ4v) is 1.90. The summed E-state index contributed by atoms with van der Waals surface area (Å²) in [5.74, 6) is 2.50. The van der Waals surface area contributed by atoms with Gasteiger partial charge in [-0.05, 0) is 23.4 Å². The molecule has 0 aliphatic carbocycles. The molecule has 1 aromatic heterocycles. The first-order chi connectivity index (χ1) is 4.93. The first-order valence-electron chi connectivity index (χ1n) is 2.80. The lowest BCUT2D eigenvalue weighted by Gasteiger charge is -1.93. The molecule has 1 heterocycles. The SMILES string of the molecule is C#CCNSc1cccs1. The lowest BCUT2D eigenvalue weighted by molar-refractivity contribution is 1.16. The maximum atomic E-state index is 5.05. The molecule has 10 heavy (non-hydrogen) atoms. The number of terminal acetylenes is 1. The van der Waals surface area contributed by atoms with E-state index in [2.05, 4.69) is 16.7 Å². The van der Waals surface area contributed by atoms with Gasteiger partial charge >= 0.3 is 0 Å². The molecular weight excluding hydrogens is 162 g/mol. The Hall–Kier alpha value is -0.430. The van der Waals surface area contributed by atoms with Crippen molar-refractivity contribution < 1.29 is 0 Å². The summed E-state index contributed by atoms with van der Waals surface area (Å²) >= 11 is 3.28. The van der Waals surface area contributed by atoms with Crippen molar-refractivity contribution in [1.29, 1.82) is 0 Å². The van der Waals surface area contributed by atoms with E-state index in [1.165, 1.54) is 4.21 Å². The van der Waals surface area contributed by atoms with Crippen LogP contribution in [0.2, 0.25) is 0 Å². The molecule has 0 bridgehead atoms. The van der Waals surface area contributed by atoms with Gasteiger partial charge in [-0.2, -0.15) is 0 Å². The van der Waals surface area contributed by atoms with E-state index in [0.717, 1.165) is 0 Å². The molecule has 3 heteroatoms. The number of thiophene rings is 1. The minimum Gasteiger partial charge on any atom is -0.247 e. The van der Waals surface area contributed by atoms with Crippen molar-refractivity contribution in [2.75, 3.05) is 6.54 Å². The van der Waals surface area contributed by atoms with Crippen LogP contribution in [0.15, 0.2) is 21.7 Å². The Morgan fingerprint density at radius 1 is 1.80 bits per heavy atom. The van der Waals surface area contributed by atoms with Gasteiger partial charge in [-0.25, -0.2) is 4.72 Å². The zero-order valence-corrected chi connectivity index (χ0v) is 6.97. The van der Waals surface area contributed by atoms with Gasteiger partial charge in [0.15, 0.2) is 0 Å². The number of nitrogens with one attached hydrogen (secondary N) is 1. The minimum absolute atomic E-state index is 0.614. The molecule has 1 N–H and O–H groups in total. The number of rotatable bonds is 3. The second kappa shape index (κ2) is 4.40. The molecule has 0 aliphatic rings. The van der Waals surface area contributed by atoms with Crippen molar-refractivity contribution in [3.8, 4) is 12.3 Å². The van der Waals surface area contributed by atoms with E-state index < -0.39 is 0 Å². The fraction of sp³-hybridized carbons (Fsp3) is 0.143. The average molecular weight is 169 g/mol. The third-order valence-electron chi connectivity index (χ3n) is 0.842. The van der Waals surface area contributed by atoms with Crippen molar-refractivity contribution in [2.45, 2.75) is 4.21 Å². The summed E-state index contributed by atoms with van der Waals surface area (Å²) in [4.78, 5) is 0. The molecular formula is C7H7NS2. The van der Waals surface area contributed by atoms with Crippen LogP contribution in [0.3, 0.4) is 0 Å². The van der Waals surface area contributed by atoms with Gasteiger partial charge in [-0.1, -0.05) is 12.0 Å². The van der Waals surface area contributed by atoms with Crippen LogP contribution in [0.5, 0.6) is 0 Å². The van der Waals surface area contributed by atoms with E-state index in [1.807, 2.05) is 11.4 Å². The summed E-state index contributed by atoms with van der Waals surface area (Å²) in [5.41, 5.74) is 0. The number of hydrogen-bond acceptors (Lipinski definition) is 3. The molecule has 0 aliphatic heterocycles. The number of hydrogen-bond donors (Lipinski definition) is 1. The van der Waals surface area contributed by atoms with Gasteiger partial charge < -0.3 is 0 Å². The molecule has 1 nitrogen and oxygen atoms in total. The highest BCUT2D eigenvalue weighted by molar-refractivity contribution is 7.99. The summed E-state index contributed by atoms with van der Waals surface area (Å²) in [6.45, 7) is 0.614. The quantitative estimate of drug-likeness (QED) is 0.422. The summed E-state index contributed by atoms with van der Waals surface area (Å²) in [6.07, 6.45) is 5.05. The van der Waals surface area contributed by atoms with Crippen LogP contribution in [0.1, 0.15) is 0 Å². The normalized spacial score (nSPS) is 9.10. The lowest BCUT2D eigenvalue weighted by atomic mass is 10.7. The Balaban J connectivity index is 2.23. The predicted octanol–water partition coefficient (Wildman–Crippen LogP) is 1.98. The van der Waals surface area contributed by atoms with Crippen LogP contribution in [0.4, 0.5) is 0 Å². The van der Waals surface area contributed by atoms with Crippen molar-refractivity contribution in [3.05, 3.63) is 17.5 Å². The van der Waals surface area contributed by atoms with Gasteiger partial charge in [-0.15, -0.1) is 17.8 Å². The average Bonchev–Trinajstić information content (AvgIpc) is 2.41. The highest BCUT2D eigenvalue weighted by atomic mass is 32.2. The summed E-state index contributed by atoms with van der Waals surface area (Å²) in [7, 11) is 0. The van der Waals surface area contributed by atoms with Crippen LogP contribution in [0.25, 0.3) is 0 Å². The molecule has 0 saturated heterocycles. The summed E-state index contributed by atoms with van der Waals surface area (Å²) in [5, 5.41) is 2.04. The molecule has 52 valence electrons. The third kappa shape index (κ3) is 2.44. The predicted molar refractivity (Wildman–Crippen MR) is 47.0 cm³/mol. The Kier molecular flexibility index (Phi) is 3.37. The van der Waals surface area contributed by atoms with Crippen molar-refractivity contribution in [1.82, 2.24) is 4.72 Å². The fourth-order valence-electron chi connectivity index (χ4n) is 0.470. The molecule has 1 aromatic rings. The Morgan fingerprint density at radius 2 is 2.70 bits per heavy atom. The maximum absolute atomic E-state index is 5.05. The van der Waals surface area contributed by atoms with Gasteiger partial charge in [0, 0.05) is 0 Å². The molecule has 0 aromatic carbocycles. The highest BCUT2D eigenvalue weighted by Gasteiger charge is 1.90. The topological polar surface area (TPSA) is 12.0 Å². The van der Waals surface area contributed by atoms with E-state index >= 15 is 0 Å². The van der Waals surface area contributed by atoms with E-state index in [-0.39, 0.29) is 0 Å². The molecule has 0 fully saturated rings. The van der Waals surface area contributed by atoms with Crippen LogP contribution in [-0.4, -0.2) is 6.54 Å². The Labute approximate surface area is 69.0 Å². The van der Waals surface area contributed by atoms with Gasteiger partial charge in [0.05, 0.1) is 10.8 Å². The lowest BCUT2D eigenvalue weighted by Crippen LogP contribution is -2.00. The van der Waals surface area contributed by atoms with Crippen LogP contribution in [-0.2, 0) is 0 Å². The maximum Gasteiger partial charge on any atom is 0.0751 e. The Morgan fingerprint density at radius 3 is 3.30 bits per heavy atom. The zero-order valence-electron chi connectivity index (χ0n) is 5.33. The van der Waals surface area contributed by atoms with Gasteiger partial charge in [0.25, 0.3) is 0 Å².